The second-order valence-corrected chi connectivity index (χ2v) is 8.99. The summed E-state index contributed by atoms with van der Waals surface area (Å²) in [6, 6.07) is 12.9. The lowest BCUT2D eigenvalue weighted by Crippen LogP contribution is -2.51. The van der Waals surface area contributed by atoms with E-state index in [1.54, 1.807) is 30.3 Å². The number of alkyl halides is 5. The van der Waals surface area contributed by atoms with Gasteiger partial charge in [0.15, 0.2) is 6.10 Å². The van der Waals surface area contributed by atoms with Crippen molar-refractivity contribution in [2.24, 2.45) is 0 Å². The maximum Gasteiger partial charge on any atom is 0.416 e. The van der Waals surface area contributed by atoms with Crippen LogP contribution in [0.25, 0.3) is 0 Å². The molecule has 0 radical (unpaired) electrons. The van der Waals surface area contributed by atoms with E-state index in [2.05, 4.69) is 4.98 Å². The number of hydrogen-bond donors (Lipinski definition) is 0. The van der Waals surface area contributed by atoms with Crippen LogP contribution in [0.3, 0.4) is 0 Å². The molecule has 0 saturated carbocycles. The number of hydrogen-bond acceptors (Lipinski definition) is 3. The molecule has 4 nitrogen and oxygen atoms in total. The summed E-state index contributed by atoms with van der Waals surface area (Å²) in [5.41, 5.74) is -3.07. The summed E-state index contributed by atoms with van der Waals surface area (Å²) in [6.07, 6.45) is -7.03. The van der Waals surface area contributed by atoms with Gasteiger partial charge in [0.25, 0.3) is 5.92 Å². The van der Waals surface area contributed by atoms with Gasteiger partial charge in [-0.15, -0.1) is 0 Å². The van der Waals surface area contributed by atoms with E-state index in [-0.39, 0.29) is 22.7 Å². The summed E-state index contributed by atoms with van der Waals surface area (Å²) in [7, 11) is 0. The number of benzene rings is 2. The lowest BCUT2D eigenvalue weighted by Gasteiger charge is -2.41. The van der Waals surface area contributed by atoms with Crippen LogP contribution >= 0.6 is 11.6 Å². The third kappa shape index (κ3) is 5.00. The van der Waals surface area contributed by atoms with Crippen LogP contribution in [0.5, 0.6) is 0 Å². The van der Waals surface area contributed by atoms with Gasteiger partial charge in [0.2, 0.25) is 0 Å². The van der Waals surface area contributed by atoms with E-state index < -0.39 is 47.8 Å². The van der Waals surface area contributed by atoms with Gasteiger partial charge in [-0.25, -0.2) is 18.0 Å². The van der Waals surface area contributed by atoms with Gasteiger partial charge in [-0.1, -0.05) is 41.9 Å². The van der Waals surface area contributed by atoms with Crippen LogP contribution in [0.1, 0.15) is 29.3 Å². The van der Waals surface area contributed by atoms with Crippen molar-refractivity contribution in [3.05, 3.63) is 100 Å². The van der Waals surface area contributed by atoms with Crippen LogP contribution in [0.15, 0.2) is 66.9 Å². The SMILES string of the molecule is CC(F)(F)C1CN([C@@](Cc2ccccc2)(c2cc(F)cc(C(F)(F)F)c2)c2ccc(Cl)cn2)C(=O)O1. The Kier molecular flexibility index (Phi) is 6.68. The number of pyridine rings is 1. The minimum absolute atomic E-state index is 0.00787. The summed E-state index contributed by atoms with van der Waals surface area (Å²) in [5, 5.41) is 0.185. The smallest absolute Gasteiger partial charge is 0.416 e. The minimum Gasteiger partial charge on any atom is -0.438 e. The van der Waals surface area contributed by atoms with E-state index in [4.69, 9.17) is 16.3 Å². The predicted octanol–water partition coefficient (Wildman–Crippen LogP) is 6.86. The Morgan fingerprint density at radius 3 is 2.25 bits per heavy atom. The van der Waals surface area contributed by atoms with Crippen LogP contribution in [-0.2, 0) is 22.9 Å². The Labute approximate surface area is 207 Å². The molecule has 11 heteroatoms. The third-order valence-corrected chi connectivity index (χ3v) is 6.22. The van der Waals surface area contributed by atoms with Gasteiger partial charge < -0.3 is 4.74 Å². The molecule has 3 aromatic rings. The summed E-state index contributed by atoms with van der Waals surface area (Å²) < 4.78 is 89.0. The Morgan fingerprint density at radius 1 is 1.03 bits per heavy atom. The van der Waals surface area contributed by atoms with E-state index in [1.165, 1.54) is 18.3 Å². The standard InChI is InChI=1S/C25H19ClF6N2O2/c1-23(28,29)21-14-34(22(35)36-21)24(12-15-5-3-2-4-6-15,20-8-7-18(26)13-33-20)16-9-17(25(30,31)32)11-19(27)10-16/h2-11,13,21H,12,14H2,1H3/t21?,24-/m0/s1. The zero-order chi connectivity index (χ0) is 26.3. The van der Waals surface area contributed by atoms with Crippen LogP contribution in [0.2, 0.25) is 5.02 Å². The average Bonchev–Trinajstić information content (AvgIpc) is 3.20. The molecular formula is C25H19ClF6N2O2. The van der Waals surface area contributed by atoms with Crippen LogP contribution in [0.4, 0.5) is 31.1 Å². The van der Waals surface area contributed by atoms with E-state index in [1.807, 2.05) is 0 Å². The number of aromatic nitrogens is 1. The molecule has 1 fully saturated rings. The van der Waals surface area contributed by atoms with Crippen LogP contribution in [-0.4, -0.2) is 34.5 Å². The number of amides is 1. The number of carbonyl (C=O) groups is 1. The van der Waals surface area contributed by atoms with Crippen LogP contribution < -0.4 is 0 Å². The first-order valence-electron chi connectivity index (χ1n) is 10.7. The van der Waals surface area contributed by atoms with Gasteiger partial charge in [-0.3, -0.25) is 9.88 Å². The van der Waals surface area contributed by atoms with Gasteiger partial charge in [0, 0.05) is 19.5 Å². The maximum absolute atomic E-state index is 14.7. The van der Waals surface area contributed by atoms with Crippen molar-refractivity contribution in [1.29, 1.82) is 0 Å². The quantitative estimate of drug-likeness (QED) is 0.328. The van der Waals surface area contributed by atoms with Crippen molar-refractivity contribution in [3.63, 3.8) is 0 Å². The predicted molar refractivity (Wildman–Crippen MR) is 119 cm³/mol. The molecule has 0 spiro atoms. The minimum atomic E-state index is -4.92. The second-order valence-electron chi connectivity index (χ2n) is 8.55. The number of halogens is 7. The fraction of sp³-hybridized carbons (Fsp3) is 0.280. The molecule has 4 rings (SSSR count). The van der Waals surface area contributed by atoms with E-state index in [0.717, 1.165) is 11.0 Å². The largest absolute Gasteiger partial charge is 0.438 e. The molecule has 2 heterocycles. The lowest BCUT2D eigenvalue weighted by molar-refractivity contribution is -0.137. The number of rotatable bonds is 6. The van der Waals surface area contributed by atoms with Crippen molar-refractivity contribution in [3.8, 4) is 0 Å². The van der Waals surface area contributed by atoms with Gasteiger partial charge in [-0.2, -0.15) is 13.2 Å². The van der Waals surface area contributed by atoms with Crippen molar-refractivity contribution in [1.82, 2.24) is 9.88 Å². The number of ether oxygens (including phenoxy) is 1. The second kappa shape index (κ2) is 9.31. The van der Waals surface area contributed by atoms with Crippen molar-refractivity contribution < 1.29 is 35.9 Å². The van der Waals surface area contributed by atoms with Gasteiger partial charge >= 0.3 is 12.3 Å². The van der Waals surface area contributed by atoms with Crippen molar-refractivity contribution >= 4 is 17.7 Å². The van der Waals surface area contributed by atoms with Crippen molar-refractivity contribution in [2.75, 3.05) is 6.54 Å². The molecule has 0 N–H and O–H groups in total. The molecule has 1 aliphatic heterocycles. The first-order chi connectivity index (χ1) is 16.8. The highest BCUT2D eigenvalue weighted by Crippen LogP contribution is 2.44. The van der Waals surface area contributed by atoms with Crippen molar-refractivity contribution in [2.45, 2.75) is 37.1 Å². The summed E-state index contributed by atoms with van der Waals surface area (Å²) in [4.78, 5) is 18.2. The maximum atomic E-state index is 14.7. The Hall–Kier alpha value is -3.27. The molecule has 1 aliphatic rings. The first kappa shape index (κ1) is 25.8. The molecule has 0 aliphatic carbocycles. The molecule has 1 unspecified atom stereocenters. The summed E-state index contributed by atoms with van der Waals surface area (Å²) in [5.74, 6) is -4.67. The zero-order valence-corrected chi connectivity index (χ0v) is 19.5. The fourth-order valence-corrected chi connectivity index (χ4v) is 4.38. The topological polar surface area (TPSA) is 42.4 Å². The fourth-order valence-electron chi connectivity index (χ4n) is 4.27. The monoisotopic (exact) mass is 528 g/mol. The highest BCUT2D eigenvalue weighted by atomic mass is 35.5. The van der Waals surface area contributed by atoms with E-state index in [0.29, 0.717) is 24.6 Å². The highest BCUT2D eigenvalue weighted by Gasteiger charge is 2.54. The Balaban J connectivity index is 2.03. The summed E-state index contributed by atoms with van der Waals surface area (Å²) in [6.45, 7) is -0.116. The van der Waals surface area contributed by atoms with Crippen LogP contribution in [0, 0.1) is 5.82 Å². The van der Waals surface area contributed by atoms with E-state index in [9.17, 15) is 31.1 Å². The molecule has 2 aromatic carbocycles. The molecule has 190 valence electrons. The highest BCUT2D eigenvalue weighted by molar-refractivity contribution is 6.30. The lowest BCUT2D eigenvalue weighted by atomic mass is 9.78. The number of cyclic esters (lactones) is 1. The molecule has 0 bridgehead atoms. The first-order valence-corrected chi connectivity index (χ1v) is 11.1. The summed E-state index contributed by atoms with van der Waals surface area (Å²) >= 11 is 5.97. The van der Waals surface area contributed by atoms with Gasteiger partial charge in [-0.05, 0) is 41.5 Å². The molecular weight excluding hydrogens is 510 g/mol. The normalized spacial score (nSPS) is 18.2. The van der Waals surface area contributed by atoms with Gasteiger partial charge in [0.05, 0.1) is 22.8 Å². The van der Waals surface area contributed by atoms with E-state index >= 15 is 0 Å². The number of nitrogens with zero attached hydrogens (tertiary/aromatic N) is 2. The zero-order valence-electron chi connectivity index (χ0n) is 18.7. The third-order valence-electron chi connectivity index (χ3n) is 5.99. The molecule has 1 aromatic heterocycles. The average molecular weight is 529 g/mol. The Morgan fingerprint density at radius 2 is 1.69 bits per heavy atom. The Bertz CT molecular complexity index is 1250. The molecule has 2 atom stereocenters. The molecule has 1 saturated heterocycles. The number of carbonyl (C=O) groups excluding carboxylic acids is 1. The van der Waals surface area contributed by atoms with Gasteiger partial charge in [0.1, 0.15) is 11.4 Å². The molecule has 36 heavy (non-hydrogen) atoms. The molecule has 1 amide bonds.